The first-order valence-corrected chi connectivity index (χ1v) is 30.1. The number of halogens is 1. The standard InChI is InChI=1S/C60H75FN10O8S2/c1-38-53(81-37-64-38)40-15-13-39(14-16-40)34-63-55(76)48-33-45(72)36-70(48)58(79)54(60(2,3)4)65-50(74)11-9-7-5-6-8-10-12-51(75)69-28-26-68(27-29-69)43-21-24-67(25-22-43)44-19-17-41-35-71(57(78)46(41)32-44)52(47-31-42(61)18-20-49(47)73)56(77)66-59-62-23-30-80-59/h13-20,23,30-32,37,43,45,48,52,54,72-73H,5-12,21-22,24-29,33-36H2,1-4H3,(H,63,76)(H,65,74)(H,62,66,77)/t45-,48+,52?,54-/m1/s1. The van der Waals surface area contributed by atoms with E-state index in [1.54, 1.807) is 22.9 Å². The summed E-state index contributed by atoms with van der Waals surface area (Å²) in [4.78, 5) is 101. The zero-order chi connectivity index (χ0) is 57.4. The minimum Gasteiger partial charge on any atom is -0.508 e. The SMILES string of the molecule is Cc1ncsc1-c1ccc(CNC(=O)[C@@H]2C[C@@H](O)CN2C(=O)[C@@H](NC(=O)CCCCCCCCC(=O)N2CCN(C3CCN(c4ccc5c(c4)C(=O)N(C(C(=O)Nc4nccs4)c4cc(F)ccc4O)C5)CC3)CC2)C(C)(C)C)cc1. The molecule has 6 heterocycles. The van der Waals surface area contributed by atoms with Gasteiger partial charge in [0, 0.05) is 113 Å². The summed E-state index contributed by atoms with van der Waals surface area (Å²) in [5.41, 5.74) is 6.20. The van der Waals surface area contributed by atoms with Gasteiger partial charge in [-0.2, -0.15) is 0 Å². The number of thiazole rings is 2. The summed E-state index contributed by atoms with van der Waals surface area (Å²) in [5, 5.41) is 32.0. The molecule has 5 N–H and O–H groups in total. The zero-order valence-electron chi connectivity index (χ0n) is 46.7. The van der Waals surface area contributed by atoms with Gasteiger partial charge in [0.15, 0.2) is 5.13 Å². The molecule has 6 amide bonds. The Morgan fingerprint density at radius 1 is 0.852 bits per heavy atom. The Labute approximate surface area is 481 Å². The quantitative estimate of drug-likeness (QED) is 0.0445. The predicted octanol–water partition coefficient (Wildman–Crippen LogP) is 7.80. The van der Waals surface area contributed by atoms with E-state index < -0.39 is 41.4 Å². The lowest BCUT2D eigenvalue weighted by molar-refractivity contribution is -0.144. The summed E-state index contributed by atoms with van der Waals surface area (Å²) in [5.74, 6) is -2.69. The molecule has 0 spiro atoms. The topological polar surface area (TPSA) is 221 Å². The van der Waals surface area contributed by atoms with Crippen LogP contribution in [0.2, 0.25) is 0 Å². The Bertz CT molecular complexity index is 3030. The number of aliphatic hydroxyl groups excluding tert-OH is 1. The van der Waals surface area contributed by atoms with E-state index >= 15 is 0 Å². The van der Waals surface area contributed by atoms with Gasteiger partial charge in [0.1, 0.15) is 29.7 Å². The molecule has 5 aromatic rings. The summed E-state index contributed by atoms with van der Waals surface area (Å²) in [6, 6.07) is 14.4. The molecule has 432 valence electrons. The highest BCUT2D eigenvalue weighted by Gasteiger charge is 2.45. The number of carbonyl (C=O) groups is 6. The first kappa shape index (κ1) is 58.8. The van der Waals surface area contributed by atoms with Crippen LogP contribution < -0.4 is 20.9 Å². The van der Waals surface area contributed by atoms with Gasteiger partial charge in [-0.3, -0.25) is 39.0 Å². The number of rotatable bonds is 21. The van der Waals surface area contributed by atoms with Gasteiger partial charge in [-0.05, 0) is 85.0 Å². The normalized spacial score (nSPS) is 18.7. The minimum atomic E-state index is -1.30. The number of hydrogen-bond donors (Lipinski definition) is 5. The summed E-state index contributed by atoms with van der Waals surface area (Å²) in [6.45, 7) is 12.6. The summed E-state index contributed by atoms with van der Waals surface area (Å²) in [6.07, 6.45) is 8.59. The Kier molecular flexibility index (Phi) is 19.2. The van der Waals surface area contributed by atoms with Crippen molar-refractivity contribution in [3.63, 3.8) is 0 Å². The van der Waals surface area contributed by atoms with E-state index in [1.165, 1.54) is 27.2 Å². The van der Waals surface area contributed by atoms with E-state index in [0.29, 0.717) is 42.7 Å². The Morgan fingerprint density at radius 2 is 1.57 bits per heavy atom. The van der Waals surface area contributed by atoms with Gasteiger partial charge in [0.05, 0.1) is 22.2 Å². The number of benzene rings is 3. The van der Waals surface area contributed by atoms with Crippen molar-refractivity contribution in [1.82, 2.24) is 40.2 Å². The highest BCUT2D eigenvalue weighted by atomic mass is 32.1. The number of likely N-dealkylation sites (tertiary alicyclic amines) is 1. The van der Waals surface area contributed by atoms with E-state index in [-0.39, 0.29) is 73.3 Å². The van der Waals surface area contributed by atoms with Gasteiger partial charge in [0.2, 0.25) is 23.6 Å². The molecule has 0 aliphatic carbocycles. The third kappa shape index (κ3) is 14.5. The highest BCUT2D eigenvalue weighted by Crippen LogP contribution is 2.39. The number of hydrogen-bond acceptors (Lipinski definition) is 14. The van der Waals surface area contributed by atoms with Crippen LogP contribution in [0.5, 0.6) is 5.75 Å². The number of aromatic hydroxyl groups is 1. The van der Waals surface area contributed by atoms with E-state index in [9.17, 15) is 43.4 Å². The van der Waals surface area contributed by atoms with Crippen molar-refractivity contribution in [3.8, 4) is 16.2 Å². The van der Waals surface area contributed by atoms with Crippen molar-refractivity contribution in [3.05, 3.63) is 112 Å². The molecule has 0 saturated carbocycles. The lowest BCUT2D eigenvalue weighted by Crippen LogP contribution is -2.57. The predicted molar refractivity (Wildman–Crippen MR) is 310 cm³/mol. The number of nitrogens with zero attached hydrogens (tertiary/aromatic N) is 7. The van der Waals surface area contributed by atoms with Crippen molar-refractivity contribution >= 4 is 68.9 Å². The fourth-order valence-electron chi connectivity index (χ4n) is 11.6. The minimum absolute atomic E-state index is 0.0123. The monoisotopic (exact) mass is 1150 g/mol. The number of aliphatic hydroxyl groups is 1. The number of fused-ring (bicyclic) bond motifs is 1. The molecule has 0 radical (unpaired) electrons. The number of anilines is 2. The van der Waals surface area contributed by atoms with Crippen LogP contribution in [0.3, 0.4) is 0 Å². The van der Waals surface area contributed by atoms with Crippen molar-refractivity contribution in [2.45, 2.75) is 142 Å². The highest BCUT2D eigenvalue weighted by molar-refractivity contribution is 7.14. The fraction of sp³-hybridized carbons (Fsp3) is 0.500. The van der Waals surface area contributed by atoms with Crippen LogP contribution in [0.1, 0.15) is 130 Å². The van der Waals surface area contributed by atoms with E-state index in [1.807, 2.05) is 80.6 Å². The molecule has 3 aromatic carbocycles. The van der Waals surface area contributed by atoms with E-state index in [0.717, 1.165) is 116 Å². The van der Waals surface area contributed by atoms with Crippen LogP contribution in [-0.2, 0) is 37.1 Å². The Balaban J connectivity index is 0.648. The molecular weight excluding hydrogens is 1070 g/mol. The van der Waals surface area contributed by atoms with Crippen LogP contribution in [0.15, 0.2) is 77.8 Å². The molecule has 4 atom stereocenters. The smallest absolute Gasteiger partial charge is 0.255 e. The lowest BCUT2D eigenvalue weighted by Gasteiger charge is -2.43. The summed E-state index contributed by atoms with van der Waals surface area (Å²) < 4.78 is 14.5. The first-order valence-electron chi connectivity index (χ1n) is 28.4. The van der Waals surface area contributed by atoms with Crippen molar-refractivity contribution < 1.29 is 43.4 Å². The number of aryl methyl sites for hydroxylation is 1. The van der Waals surface area contributed by atoms with Crippen LogP contribution in [0, 0.1) is 18.2 Å². The molecular formula is C60H75FN10O8S2. The average molecular weight is 1150 g/mol. The Hall–Kier alpha value is -6.81. The van der Waals surface area contributed by atoms with Crippen LogP contribution in [-0.4, -0.2) is 145 Å². The number of unbranched alkanes of at least 4 members (excludes halogenated alkanes) is 5. The number of aromatic nitrogens is 2. The summed E-state index contributed by atoms with van der Waals surface area (Å²) >= 11 is 2.79. The number of amides is 6. The van der Waals surface area contributed by atoms with Crippen LogP contribution >= 0.6 is 22.7 Å². The zero-order valence-corrected chi connectivity index (χ0v) is 48.3. The maximum Gasteiger partial charge on any atom is 0.255 e. The molecule has 18 nitrogen and oxygen atoms in total. The molecule has 21 heteroatoms. The lowest BCUT2D eigenvalue weighted by atomic mass is 9.85. The fourth-order valence-corrected chi connectivity index (χ4v) is 13.0. The van der Waals surface area contributed by atoms with Crippen LogP contribution in [0.25, 0.3) is 10.4 Å². The third-order valence-electron chi connectivity index (χ3n) is 16.2. The van der Waals surface area contributed by atoms with Crippen molar-refractivity contribution in [2.24, 2.45) is 5.41 Å². The van der Waals surface area contributed by atoms with Crippen LogP contribution in [0.4, 0.5) is 15.2 Å². The average Bonchev–Trinajstić information content (AvgIpc) is 4.37. The van der Waals surface area contributed by atoms with E-state index in [2.05, 4.69) is 35.7 Å². The van der Waals surface area contributed by atoms with Gasteiger partial charge >= 0.3 is 0 Å². The second-order valence-corrected chi connectivity index (χ2v) is 24.7. The molecule has 81 heavy (non-hydrogen) atoms. The largest absolute Gasteiger partial charge is 0.508 e. The van der Waals surface area contributed by atoms with Gasteiger partial charge in [0.25, 0.3) is 11.8 Å². The van der Waals surface area contributed by atoms with Gasteiger partial charge in [-0.1, -0.05) is 76.8 Å². The molecule has 1 unspecified atom stereocenters. The molecule has 4 aliphatic rings. The molecule has 0 bridgehead atoms. The molecule has 3 saturated heterocycles. The number of phenolic OH excluding ortho intramolecular Hbond substituents is 1. The maximum atomic E-state index is 14.5. The molecule has 2 aromatic heterocycles. The summed E-state index contributed by atoms with van der Waals surface area (Å²) in [7, 11) is 0. The third-order valence-corrected chi connectivity index (χ3v) is 17.9. The second-order valence-electron chi connectivity index (χ2n) is 22.9. The molecule has 3 fully saturated rings. The number of piperazine rings is 1. The number of β-amino-alcohol motifs (C(OH)–C–C–N with tert-alkyl or cyclic N) is 1. The van der Waals surface area contributed by atoms with Gasteiger partial charge < -0.3 is 40.4 Å². The van der Waals surface area contributed by atoms with Crippen molar-refractivity contribution in [2.75, 3.05) is 56.0 Å². The van der Waals surface area contributed by atoms with Gasteiger partial charge in [-0.25, -0.2) is 14.4 Å². The number of nitrogens with one attached hydrogen (secondary N) is 3. The second kappa shape index (κ2) is 26.4. The van der Waals surface area contributed by atoms with E-state index in [4.69, 9.17) is 0 Å². The Morgan fingerprint density at radius 3 is 2.25 bits per heavy atom. The first-order chi connectivity index (χ1) is 38.9. The number of phenols is 1. The molecule has 4 aliphatic heterocycles. The number of carbonyl (C=O) groups excluding carboxylic acids is 6. The molecule has 9 rings (SSSR count). The van der Waals surface area contributed by atoms with Crippen molar-refractivity contribution in [1.29, 1.82) is 0 Å². The van der Waals surface area contributed by atoms with Gasteiger partial charge in [-0.15, -0.1) is 22.7 Å². The number of piperidine rings is 1. The maximum absolute atomic E-state index is 14.5.